The van der Waals surface area contributed by atoms with Crippen molar-refractivity contribution in [3.8, 4) is 5.75 Å². The van der Waals surface area contributed by atoms with E-state index >= 15 is 0 Å². The molecule has 3 aliphatic rings. The van der Waals surface area contributed by atoms with Gasteiger partial charge in [-0.05, 0) is 55.6 Å². The smallest absolute Gasteiger partial charge is 0.268 e. The van der Waals surface area contributed by atoms with Gasteiger partial charge in [-0.1, -0.05) is 12.1 Å². The SMILES string of the molecule is CN1CCN(c2ncccc2OC2CCN(c3ccc(C4CCOCC4)cc3)C2=O)CC1. The zero-order valence-corrected chi connectivity index (χ0v) is 18.8. The van der Waals surface area contributed by atoms with E-state index < -0.39 is 6.10 Å². The van der Waals surface area contributed by atoms with Crippen LogP contribution in [0.5, 0.6) is 5.75 Å². The Morgan fingerprint density at radius 2 is 1.72 bits per heavy atom. The number of pyridine rings is 1. The van der Waals surface area contributed by atoms with Crippen LogP contribution in [0.15, 0.2) is 42.6 Å². The fourth-order valence-corrected chi connectivity index (χ4v) is 4.86. The third-order valence-electron chi connectivity index (χ3n) is 6.88. The number of ether oxygens (including phenoxy) is 2. The average molecular weight is 437 g/mol. The van der Waals surface area contributed by atoms with Gasteiger partial charge in [0.1, 0.15) is 0 Å². The molecule has 4 heterocycles. The molecule has 3 fully saturated rings. The zero-order chi connectivity index (χ0) is 21.9. The molecule has 3 saturated heterocycles. The van der Waals surface area contributed by atoms with Crippen LogP contribution < -0.4 is 14.5 Å². The molecule has 170 valence electrons. The molecular formula is C25H32N4O3. The summed E-state index contributed by atoms with van der Waals surface area (Å²) in [5, 5.41) is 0. The number of nitrogens with zero attached hydrogens (tertiary/aromatic N) is 4. The van der Waals surface area contributed by atoms with Gasteiger partial charge >= 0.3 is 0 Å². The number of piperazine rings is 1. The highest BCUT2D eigenvalue weighted by Gasteiger charge is 2.35. The molecule has 0 spiro atoms. The standard InChI is InChI=1S/C25H32N4O3/c1-27-13-15-28(16-14-27)24-22(3-2-11-26-24)32-23-8-12-29(25(23)30)21-6-4-19(5-7-21)20-9-17-31-18-10-20/h2-7,11,20,23H,8-10,12-18H2,1H3. The predicted octanol–water partition coefficient (Wildman–Crippen LogP) is 2.91. The van der Waals surface area contributed by atoms with Crippen LogP contribution in [-0.2, 0) is 9.53 Å². The van der Waals surface area contributed by atoms with E-state index in [2.05, 4.69) is 46.1 Å². The summed E-state index contributed by atoms with van der Waals surface area (Å²) in [6.45, 7) is 6.15. The number of rotatable bonds is 5. The Labute approximate surface area is 189 Å². The fourth-order valence-electron chi connectivity index (χ4n) is 4.86. The first-order chi connectivity index (χ1) is 15.7. The van der Waals surface area contributed by atoms with Crippen LogP contribution in [0.2, 0.25) is 0 Å². The summed E-state index contributed by atoms with van der Waals surface area (Å²) in [4.78, 5) is 24.2. The van der Waals surface area contributed by atoms with Crippen LogP contribution in [0.4, 0.5) is 11.5 Å². The number of hydrogen-bond donors (Lipinski definition) is 0. The molecular weight excluding hydrogens is 404 g/mol. The number of anilines is 2. The van der Waals surface area contributed by atoms with Gasteiger partial charge in [-0.3, -0.25) is 4.79 Å². The molecule has 32 heavy (non-hydrogen) atoms. The van der Waals surface area contributed by atoms with Crippen LogP contribution in [0.25, 0.3) is 0 Å². The number of carbonyl (C=O) groups is 1. The Balaban J connectivity index is 1.25. The topological polar surface area (TPSA) is 58.1 Å². The summed E-state index contributed by atoms with van der Waals surface area (Å²) < 4.78 is 11.7. The summed E-state index contributed by atoms with van der Waals surface area (Å²) in [6.07, 6.45) is 4.14. The molecule has 0 bridgehead atoms. The lowest BCUT2D eigenvalue weighted by molar-refractivity contribution is -0.122. The average Bonchev–Trinajstić information content (AvgIpc) is 3.20. The van der Waals surface area contributed by atoms with Crippen molar-refractivity contribution in [3.05, 3.63) is 48.2 Å². The maximum atomic E-state index is 13.2. The Hall–Kier alpha value is -2.64. The molecule has 0 radical (unpaired) electrons. The number of aromatic nitrogens is 1. The van der Waals surface area contributed by atoms with Gasteiger partial charge in [0.15, 0.2) is 17.7 Å². The van der Waals surface area contributed by atoms with Gasteiger partial charge in [0.25, 0.3) is 5.91 Å². The second-order valence-corrected chi connectivity index (χ2v) is 8.98. The molecule has 5 rings (SSSR count). The van der Waals surface area contributed by atoms with Crippen LogP contribution in [0.3, 0.4) is 0 Å². The number of benzene rings is 1. The van der Waals surface area contributed by atoms with Crippen LogP contribution in [0.1, 0.15) is 30.7 Å². The molecule has 7 heteroatoms. The highest BCUT2D eigenvalue weighted by atomic mass is 16.5. The predicted molar refractivity (Wildman–Crippen MR) is 125 cm³/mol. The monoisotopic (exact) mass is 436 g/mol. The van der Waals surface area contributed by atoms with Crippen molar-refractivity contribution in [2.24, 2.45) is 0 Å². The van der Waals surface area contributed by atoms with E-state index in [0.717, 1.165) is 63.7 Å². The number of carbonyl (C=O) groups excluding carboxylic acids is 1. The molecule has 3 aliphatic heterocycles. The molecule has 1 aromatic carbocycles. The van der Waals surface area contributed by atoms with E-state index in [1.165, 1.54) is 5.56 Å². The lowest BCUT2D eigenvalue weighted by Gasteiger charge is -2.34. The Bertz CT molecular complexity index is 921. The second-order valence-electron chi connectivity index (χ2n) is 8.98. The molecule has 1 aromatic heterocycles. The molecule has 0 saturated carbocycles. The molecule has 1 amide bonds. The molecule has 2 aromatic rings. The van der Waals surface area contributed by atoms with Crippen molar-refractivity contribution in [1.29, 1.82) is 0 Å². The van der Waals surface area contributed by atoms with Crippen LogP contribution in [-0.4, -0.2) is 74.9 Å². The van der Waals surface area contributed by atoms with E-state index in [1.807, 2.05) is 17.0 Å². The first kappa shape index (κ1) is 21.2. The first-order valence-electron chi connectivity index (χ1n) is 11.7. The Morgan fingerprint density at radius 1 is 0.969 bits per heavy atom. The highest BCUT2D eigenvalue weighted by Crippen LogP contribution is 2.32. The summed E-state index contributed by atoms with van der Waals surface area (Å²) in [7, 11) is 2.13. The maximum Gasteiger partial charge on any atom is 0.268 e. The summed E-state index contributed by atoms with van der Waals surface area (Å²) in [6, 6.07) is 12.3. The quantitative estimate of drug-likeness (QED) is 0.718. The molecule has 1 atom stereocenters. The lowest BCUT2D eigenvalue weighted by atomic mass is 9.92. The van der Waals surface area contributed by atoms with Crippen molar-refractivity contribution >= 4 is 17.4 Å². The molecule has 0 N–H and O–H groups in total. The van der Waals surface area contributed by atoms with Gasteiger partial charge in [-0.15, -0.1) is 0 Å². The molecule has 1 unspecified atom stereocenters. The van der Waals surface area contributed by atoms with E-state index in [1.54, 1.807) is 6.20 Å². The Kier molecular flexibility index (Phi) is 6.28. The van der Waals surface area contributed by atoms with Gasteiger partial charge < -0.3 is 24.2 Å². The zero-order valence-electron chi connectivity index (χ0n) is 18.8. The van der Waals surface area contributed by atoms with Crippen LogP contribution >= 0.6 is 0 Å². The second kappa shape index (κ2) is 9.46. The lowest BCUT2D eigenvalue weighted by Crippen LogP contribution is -2.45. The summed E-state index contributed by atoms with van der Waals surface area (Å²) in [5.41, 5.74) is 2.28. The minimum atomic E-state index is -0.472. The normalized spacial score (nSPS) is 23.0. The van der Waals surface area contributed by atoms with E-state index in [9.17, 15) is 4.79 Å². The first-order valence-corrected chi connectivity index (χ1v) is 11.7. The van der Waals surface area contributed by atoms with Gasteiger partial charge in [0.2, 0.25) is 0 Å². The largest absolute Gasteiger partial charge is 0.477 e. The van der Waals surface area contributed by atoms with Crippen molar-refractivity contribution in [2.75, 3.05) is 62.8 Å². The maximum absolute atomic E-state index is 13.2. The van der Waals surface area contributed by atoms with Gasteiger partial charge in [0, 0.05) is 64.2 Å². The third-order valence-corrected chi connectivity index (χ3v) is 6.88. The summed E-state index contributed by atoms with van der Waals surface area (Å²) in [5.74, 6) is 2.12. The summed E-state index contributed by atoms with van der Waals surface area (Å²) >= 11 is 0. The van der Waals surface area contributed by atoms with Gasteiger partial charge in [0.05, 0.1) is 0 Å². The number of hydrogen-bond acceptors (Lipinski definition) is 6. The minimum Gasteiger partial charge on any atom is -0.477 e. The van der Waals surface area contributed by atoms with Gasteiger partial charge in [-0.2, -0.15) is 0 Å². The minimum absolute atomic E-state index is 0.0250. The number of likely N-dealkylation sites (N-methyl/N-ethyl adjacent to an activating group) is 1. The molecule has 7 nitrogen and oxygen atoms in total. The van der Waals surface area contributed by atoms with Gasteiger partial charge in [-0.25, -0.2) is 4.98 Å². The van der Waals surface area contributed by atoms with Crippen molar-refractivity contribution in [2.45, 2.75) is 31.3 Å². The molecule has 0 aliphatic carbocycles. The fraction of sp³-hybridized carbons (Fsp3) is 0.520. The van der Waals surface area contributed by atoms with Crippen molar-refractivity contribution < 1.29 is 14.3 Å². The van der Waals surface area contributed by atoms with Crippen molar-refractivity contribution in [3.63, 3.8) is 0 Å². The van der Waals surface area contributed by atoms with E-state index in [-0.39, 0.29) is 5.91 Å². The highest BCUT2D eigenvalue weighted by molar-refractivity contribution is 5.99. The van der Waals surface area contributed by atoms with Crippen molar-refractivity contribution in [1.82, 2.24) is 9.88 Å². The van der Waals surface area contributed by atoms with E-state index in [0.29, 0.717) is 24.6 Å². The van der Waals surface area contributed by atoms with Crippen LogP contribution in [0, 0.1) is 0 Å². The Morgan fingerprint density at radius 3 is 2.47 bits per heavy atom. The van der Waals surface area contributed by atoms with E-state index in [4.69, 9.17) is 9.47 Å². The third kappa shape index (κ3) is 4.45. The number of amides is 1.